The minimum atomic E-state index is 0.0826. The van der Waals surface area contributed by atoms with Gasteiger partial charge in [0.1, 0.15) is 0 Å². The van der Waals surface area contributed by atoms with E-state index in [1.54, 1.807) is 0 Å². The Hall–Kier alpha value is -0.960. The Bertz CT molecular complexity index is 496. The van der Waals surface area contributed by atoms with Gasteiger partial charge >= 0.3 is 0 Å². The highest BCUT2D eigenvalue weighted by molar-refractivity contribution is 8.01. The topological polar surface area (TPSA) is 20.3 Å². The Morgan fingerprint density at radius 1 is 1.19 bits per heavy atom. The van der Waals surface area contributed by atoms with E-state index in [4.69, 9.17) is 0 Å². The van der Waals surface area contributed by atoms with Crippen molar-refractivity contribution < 1.29 is 4.79 Å². The van der Waals surface area contributed by atoms with Gasteiger partial charge in [0.05, 0.1) is 5.25 Å². The second-order valence-corrected chi connectivity index (χ2v) is 7.91. The average molecular weight is 303 g/mol. The molecule has 0 aromatic heterocycles. The molecular formula is C18H25NOS. The molecule has 21 heavy (non-hydrogen) atoms. The number of fused-ring (bicyclic) bond motifs is 1. The normalized spacial score (nSPS) is 20.9. The number of hydrogen-bond acceptors (Lipinski definition) is 2. The molecule has 1 fully saturated rings. The molecule has 0 N–H and O–H groups in total. The highest BCUT2D eigenvalue weighted by atomic mass is 32.2. The molecule has 1 aromatic carbocycles. The summed E-state index contributed by atoms with van der Waals surface area (Å²) in [7, 11) is 0. The van der Waals surface area contributed by atoms with Crippen LogP contribution >= 0.6 is 11.8 Å². The first kappa shape index (κ1) is 15.0. The number of anilines is 1. The number of hydrogen-bond donors (Lipinski definition) is 0. The molecule has 0 saturated heterocycles. The van der Waals surface area contributed by atoms with Crippen molar-refractivity contribution in [2.24, 2.45) is 0 Å². The van der Waals surface area contributed by atoms with Crippen LogP contribution in [0, 0.1) is 0 Å². The average Bonchev–Trinajstić information content (AvgIpc) is 2.54. The number of carbonyl (C=O) groups is 1. The lowest BCUT2D eigenvalue weighted by Crippen LogP contribution is -2.40. The summed E-state index contributed by atoms with van der Waals surface area (Å²) < 4.78 is 0. The van der Waals surface area contributed by atoms with E-state index in [0.29, 0.717) is 11.2 Å². The number of nitrogens with zero attached hydrogens (tertiary/aromatic N) is 1. The maximum atomic E-state index is 12.8. The molecule has 0 bridgehead atoms. The van der Waals surface area contributed by atoms with Crippen LogP contribution in [0.2, 0.25) is 0 Å². The van der Waals surface area contributed by atoms with Crippen molar-refractivity contribution in [3.05, 3.63) is 29.8 Å². The van der Waals surface area contributed by atoms with E-state index in [-0.39, 0.29) is 5.25 Å². The van der Waals surface area contributed by atoms with E-state index < -0.39 is 0 Å². The van der Waals surface area contributed by atoms with E-state index in [1.165, 1.54) is 37.7 Å². The lowest BCUT2D eigenvalue weighted by molar-refractivity contribution is -0.117. The SMILES string of the molecule is CC(SC1CCCCC1)C(=O)N1CCCc2ccccc21. The minimum Gasteiger partial charge on any atom is -0.311 e. The first-order chi connectivity index (χ1) is 10.3. The number of amides is 1. The molecule has 1 atom stereocenters. The Morgan fingerprint density at radius 2 is 1.95 bits per heavy atom. The van der Waals surface area contributed by atoms with Crippen LogP contribution in [0.5, 0.6) is 0 Å². The number of thioether (sulfide) groups is 1. The second-order valence-electron chi connectivity index (χ2n) is 6.26. The smallest absolute Gasteiger partial charge is 0.239 e. The van der Waals surface area contributed by atoms with Gasteiger partial charge in [-0.05, 0) is 44.2 Å². The second kappa shape index (κ2) is 6.87. The van der Waals surface area contributed by atoms with Crippen LogP contribution < -0.4 is 4.90 Å². The molecule has 1 aliphatic heterocycles. The Morgan fingerprint density at radius 3 is 2.76 bits per heavy atom. The third-order valence-electron chi connectivity index (χ3n) is 4.67. The molecule has 2 aliphatic rings. The van der Waals surface area contributed by atoms with E-state index >= 15 is 0 Å². The predicted octanol–water partition coefficient (Wildman–Crippen LogP) is 4.42. The zero-order valence-electron chi connectivity index (χ0n) is 12.9. The maximum absolute atomic E-state index is 12.8. The number of para-hydroxylation sites is 1. The lowest BCUT2D eigenvalue weighted by Gasteiger charge is -2.32. The van der Waals surface area contributed by atoms with Gasteiger partial charge in [-0.3, -0.25) is 4.79 Å². The summed E-state index contributed by atoms with van der Waals surface area (Å²) in [5.41, 5.74) is 2.47. The number of carbonyl (C=O) groups excluding carboxylic acids is 1. The van der Waals surface area contributed by atoms with Gasteiger partial charge in [0.2, 0.25) is 5.91 Å². The predicted molar refractivity (Wildman–Crippen MR) is 91.0 cm³/mol. The van der Waals surface area contributed by atoms with Crippen molar-refractivity contribution in [2.45, 2.75) is 62.4 Å². The highest BCUT2D eigenvalue weighted by Crippen LogP contribution is 2.34. The molecule has 1 saturated carbocycles. The maximum Gasteiger partial charge on any atom is 0.239 e. The fraction of sp³-hybridized carbons (Fsp3) is 0.611. The molecule has 0 radical (unpaired) electrons. The highest BCUT2D eigenvalue weighted by Gasteiger charge is 2.28. The summed E-state index contributed by atoms with van der Waals surface area (Å²) in [6.45, 7) is 2.98. The zero-order chi connectivity index (χ0) is 14.7. The van der Waals surface area contributed by atoms with E-state index in [9.17, 15) is 4.79 Å². The molecule has 1 aliphatic carbocycles. The largest absolute Gasteiger partial charge is 0.311 e. The molecule has 1 amide bonds. The summed E-state index contributed by atoms with van der Waals surface area (Å²) >= 11 is 1.91. The van der Waals surface area contributed by atoms with Gasteiger partial charge in [0.25, 0.3) is 0 Å². The van der Waals surface area contributed by atoms with Crippen LogP contribution in [-0.2, 0) is 11.2 Å². The summed E-state index contributed by atoms with van der Waals surface area (Å²) in [5.74, 6) is 0.303. The van der Waals surface area contributed by atoms with Gasteiger partial charge in [-0.25, -0.2) is 0 Å². The molecule has 3 heteroatoms. The van der Waals surface area contributed by atoms with Crippen molar-refractivity contribution in [3.8, 4) is 0 Å². The summed E-state index contributed by atoms with van der Waals surface area (Å²) in [4.78, 5) is 14.9. The van der Waals surface area contributed by atoms with Crippen LogP contribution in [0.15, 0.2) is 24.3 Å². The van der Waals surface area contributed by atoms with Crippen LogP contribution in [0.3, 0.4) is 0 Å². The quantitative estimate of drug-likeness (QED) is 0.824. The third-order valence-corrected chi connectivity index (χ3v) is 6.14. The monoisotopic (exact) mass is 303 g/mol. The fourth-order valence-corrected chi connectivity index (χ4v) is 4.96. The Labute approximate surface area is 132 Å². The molecule has 3 rings (SSSR count). The van der Waals surface area contributed by atoms with Gasteiger partial charge in [-0.2, -0.15) is 0 Å². The van der Waals surface area contributed by atoms with Gasteiger partial charge in [-0.1, -0.05) is 37.5 Å². The van der Waals surface area contributed by atoms with Gasteiger partial charge < -0.3 is 4.90 Å². The molecule has 2 nitrogen and oxygen atoms in total. The first-order valence-corrected chi connectivity index (χ1v) is 9.25. The van der Waals surface area contributed by atoms with Crippen molar-refractivity contribution in [1.29, 1.82) is 0 Å². The number of benzene rings is 1. The summed E-state index contributed by atoms with van der Waals surface area (Å²) in [6.07, 6.45) is 8.82. The lowest BCUT2D eigenvalue weighted by atomic mass is 10.0. The van der Waals surface area contributed by atoms with Crippen molar-refractivity contribution in [2.75, 3.05) is 11.4 Å². The van der Waals surface area contributed by atoms with E-state index in [1.807, 2.05) is 22.7 Å². The summed E-state index contributed by atoms with van der Waals surface area (Å²) in [6, 6.07) is 8.38. The number of rotatable bonds is 3. The third kappa shape index (κ3) is 3.45. The van der Waals surface area contributed by atoms with Crippen molar-refractivity contribution in [1.82, 2.24) is 0 Å². The Kier molecular flexibility index (Phi) is 4.89. The van der Waals surface area contributed by atoms with E-state index in [2.05, 4.69) is 25.1 Å². The minimum absolute atomic E-state index is 0.0826. The molecule has 0 spiro atoms. The molecule has 114 valence electrons. The fourth-order valence-electron chi connectivity index (χ4n) is 3.53. The summed E-state index contributed by atoms with van der Waals surface area (Å²) in [5, 5.41) is 0.775. The van der Waals surface area contributed by atoms with Gasteiger partial charge in [0, 0.05) is 17.5 Å². The van der Waals surface area contributed by atoms with Crippen LogP contribution in [0.25, 0.3) is 0 Å². The molecule has 1 unspecified atom stereocenters. The first-order valence-electron chi connectivity index (χ1n) is 8.30. The van der Waals surface area contributed by atoms with Crippen LogP contribution in [-0.4, -0.2) is 23.0 Å². The van der Waals surface area contributed by atoms with Crippen molar-refractivity contribution in [3.63, 3.8) is 0 Å². The molecule has 1 heterocycles. The van der Waals surface area contributed by atoms with E-state index in [0.717, 1.165) is 25.1 Å². The van der Waals surface area contributed by atoms with Gasteiger partial charge in [0.15, 0.2) is 0 Å². The van der Waals surface area contributed by atoms with Crippen LogP contribution in [0.4, 0.5) is 5.69 Å². The van der Waals surface area contributed by atoms with Crippen LogP contribution in [0.1, 0.15) is 51.0 Å². The molecule has 1 aromatic rings. The van der Waals surface area contributed by atoms with Gasteiger partial charge in [-0.15, -0.1) is 11.8 Å². The number of aryl methyl sites for hydroxylation is 1. The zero-order valence-corrected chi connectivity index (χ0v) is 13.7. The molecular weight excluding hydrogens is 278 g/mol. The Balaban J connectivity index is 1.67. The standard InChI is InChI=1S/C18H25NOS/c1-14(21-16-10-3-2-4-11-16)18(20)19-13-7-9-15-8-5-6-12-17(15)19/h5-6,8,12,14,16H,2-4,7,9-11,13H2,1H3. The van der Waals surface area contributed by atoms with Crippen molar-refractivity contribution >= 4 is 23.4 Å².